The van der Waals surface area contributed by atoms with Gasteiger partial charge in [-0.1, -0.05) is 0 Å². The molecule has 19 heavy (non-hydrogen) atoms. The molecule has 2 aromatic rings. The first-order valence-electron chi connectivity index (χ1n) is 6.08. The molecule has 0 amide bonds. The molecule has 0 unspecified atom stereocenters. The van der Waals surface area contributed by atoms with Gasteiger partial charge >= 0.3 is 118 Å². The Balaban J connectivity index is 2.11. The van der Waals surface area contributed by atoms with Crippen LogP contribution < -0.4 is 4.46 Å². The van der Waals surface area contributed by atoms with Crippen molar-refractivity contribution in [3.05, 3.63) is 77.9 Å². The maximum atomic E-state index is 10.8. The quantitative estimate of drug-likeness (QED) is 0.473. The van der Waals surface area contributed by atoms with Gasteiger partial charge in [-0.15, -0.1) is 0 Å². The molecule has 0 N–H and O–H groups in total. The molecule has 3 rings (SSSR count). The van der Waals surface area contributed by atoms with Crippen LogP contribution in [0, 0.1) is 0 Å². The number of rotatable bonds is 2. The Morgan fingerprint density at radius 1 is 0.895 bits per heavy atom. The van der Waals surface area contributed by atoms with Gasteiger partial charge in [0.15, 0.2) is 0 Å². The molecule has 0 fully saturated rings. The average Bonchev–Trinajstić information content (AvgIpc) is 2.48. The fourth-order valence-corrected chi connectivity index (χ4v) is 4.47. The van der Waals surface area contributed by atoms with E-state index < -0.39 is 0 Å². The van der Waals surface area contributed by atoms with Gasteiger partial charge in [-0.3, -0.25) is 0 Å². The summed E-state index contributed by atoms with van der Waals surface area (Å²) in [7, 11) is 0. The van der Waals surface area contributed by atoms with E-state index >= 15 is 0 Å². The van der Waals surface area contributed by atoms with Crippen LogP contribution in [0.5, 0.6) is 0 Å². The number of benzene rings is 2. The van der Waals surface area contributed by atoms with E-state index in [0.29, 0.717) is 0 Å². The second-order valence-corrected chi connectivity index (χ2v) is 6.50. The van der Waals surface area contributed by atoms with E-state index in [0.717, 1.165) is 11.9 Å². The molecule has 1 nitrogen and oxygen atoms in total. The number of hydrogen-bond acceptors (Lipinski definition) is 1. The Morgan fingerprint density at radius 3 is 2.42 bits per heavy atom. The number of carbonyl (C=O) groups is 1. The van der Waals surface area contributed by atoms with Crippen LogP contribution in [0.25, 0.3) is 10.0 Å². The molecule has 0 saturated heterocycles. The van der Waals surface area contributed by atoms with Gasteiger partial charge in [0.05, 0.1) is 0 Å². The van der Waals surface area contributed by atoms with Crippen molar-refractivity contribution in [3.63, 3.8) is 0 Å². The summed E-state index contributed by atoms with van der Waals surface area (Å²) >= 11 is 0.290. The van der Waals surface area contributed by atoms with Crippen LogP contribution in [0.15, 0.2) is 66.7 Å². The molecule has 0 aromatic heterocycles. The van der Waals surface area contributed by atoms with Crippen LogP contribution in [0.3, 0.4) is 0 Å². The first-order chi connectivity index (χ1) is 9.38. The molecule has 2 heteroatoms. The van der Waals surface area contributed by atoms with E-state index in [9.17, 15) is 4.79 Å². The predicted molar refractivity (Wildman–Crippen MR) is 80.3 cm³/mol. The van der Waals surface area contributed by atoms with Crippen molar-refractivity contribution in [2.24, 2.45) is 0 Å². The molecule has 92 valence electrons. The summed E-state index contributed by atoms with van der Waals surface area (Å²) in [5, 5.41) is 0. The van der Waals surface area contributed by atoms with E-state index in [1.165, 1.54) is 20.1 Å². The number of fused-ring (bicyclic) bond motifs is 1. The van der Waals surface area contributed by atoms with E-state index in [4.69, 9.17) is 0 Å². The molecule has 0 aliphatic carbocycles. The molecular formula is C17H12OSe. The first-order valence-corrected chi connectivity index (χ1v) is 7.79. The second kappa shape index (κ2) is 5.39. The van der Waals surface area contributed by atoms with Gasteiger partial charge in [-0.2, -0.15) is 0 Å². The van der Waals surface area contributed by atoms with Crippen molar-refractivity contribution in [1.29, 1.82) is 0 Å². The van der Waals surface area contributed by atoms with Gasteiger partial charge in [-0.25, -0.2) is 0 Å². The average molecular weight is 311 g/mol. The van der Waals surface area contributed by atoms with Crippen molar-refractivity contribution >= 4 is 35.7 Å². The van der Waals surface area contributed by atoms with Crippen molar-refractivity contribution in [2.45, 2.75) is 0 Å². The molecule has 2 aromatic carbocycles. The summed E-state index contributed by atoms with van der Waals surface area (Å²) in [5.41, 5.74) is 3.45. The van der Waals surface area contributed by atoms with Crippen molar-refractivity contribution in [1.82, 2.24) is 0 Å². The standard InChI is InChI=1S/C17H12OSe/c18-11-10-14-12-17(13-6-2-1-3-7-13)19-16-9-5-4-8-15(14)16/h1-12H/b14-10+. The van der Waals surface area contributed by atoms with Crippen LogP contribution in [-0.2, 0) is 4.79 Å². The summed E-state index contributed by atoms with van der Waals surface area (Å²) in [6, 6.07) is 18.7. The van der Waals surface area contributed by atoms with Crippen molar-refractivity contribution in [3.8, 4) is 0 Å². The molecule has 0 spiro atoms. The van der Waals surface area contributed by atoms with Crippen LogP contribution in [0.1, 0.15) is 11.1 Å². The number of aldehydes is 1. The van der Waals surface area contributed by atoms with Gasteiger partial charge in [0.1, 0.15) is 0 Å². The topological polar surface area (TPSA) is 17.1 Å². The zero-order valence-corrected chi connectivity index (χ0v) is 12.0. The van der Waals surface area contributed by atoms with Gasteiger partial charge in [0.25, 0.3) is 0 Å². The number of carbonyl (C=O) groups excluding carboxylic acids is 1. The van der Waals surface area contributed by atoms with E-state index in [2.05, 4.69) is 48.5 Å². The number of allylic oxidation sites excluding steroid dienone is 3. The summed E-state index contributed by atoms with van der Waals surface area (Å²) < 4.78 is 2.66. The zero-order valence-electron chi connectivity index (χ0n) is 10.2. The fourth-order valence-electron chi connectivity index (χ4n) is 2.12. The normalized spacial score (nSPS) is 15.8. The van der Waals surface area contributed by atoms with Gasteiger partial charge in [-0.05, 0) is 0 Å². The molecule has 1 heterocycles. The maximum absolute atomic E-state index is 10.8. The summed E-state index contributed by atoms with van der Waals surface area (Å²) in [4.78, 5) is 10.8. The SMILES string of the molecule is O=C/C=C1\C=C(c2ccccc2)[Se]c2ccccc21. The Hall–Kier alpha value is -1.89. The van der Waals surface area contributed by atoms with Crippen LogP contribution in [0.2, 0.25) is 0 Å². The molecule has 0 saturated carbocycles. The minimum absolute atomic E-state index is 0.290. The summed E-state index contributed by atoms with van der Waals surface area (Å²) in [5.74, 6) is 0. The zero-order chi connectivity index (χ0) is 13.1. The van der Waals surface area contributed by atoms with Crippen LogP contribution in [0.4, 0.5) is 0 Å². The molecular weight excluding hydrogens is 299 g/mol. The van der Waals surface area contributed by atoms with Crippen LogP contribution in [-0.4, -0.2) is 21.2 Å². The molecule has 0 atom stereocenters. The molecule has 1 aliphatic heterocycles. The molecule has 0 radical (unpaired) electrons. The third-order valence-electron chi connectivity index (χ3n) is 3.01. The first kappa shape index (κ1) is 12.2. The van der Waals surface area contributed by atoms with Gasteiger partial charge in [0.2, 0.25) is 0 Å². The second-order valence-electron chi connectivity index (χ2n) is 4.23. The monoisotopic (exact) mass is 312 g/mol. The number of hydrogen-bond donors (Lipinski definition) is 0. The van der Waals surface area contributed by atoms with Gasteiger partial charge in [0, 0.05) is 0 Å². The van der Waals surface area contributed by atoms with E-state index in [-0.39, 0.29) is 15.0 Å². The van der Waals surface area contributed by atoms with E-state index in [1.54, 1.807) is 6.08 Å². The summed E-state index contributed by atoms with van der Waals surface area (Å²) in [6.45, 7) is 0. The minimum atomic E-state index is 0.290. The molecule has 1 aliphatic rings. The Bertz CT molecular complexity index is 669. The predicted octanol–water partition coefficient (Wildman–Crippen LogP) is 2.65. The third-order valence-corrected chi connectivity index (χ3v) is 5.42. The van der Waals surface area contributed by atoms with E-state index in [1.807, 2.05) is 12.1 Å². The Morgan fingerprint density at radius 2 is 1.63 bits per heavy atom. The fraction of sp³-hybridized carbons (Fsp3) is 0. The van der Waals surface area contributed by atoms with Crippen LogP contribution >= 0.6 is 0 Å². The Kier molecular flexibility index (Phi) is 3.45. The third kappa shape index (κ3) is 2.46. The van der Waals surface area contributed by atoms with Gasteiger partial charge < -0.3 is 0 Å². The Labute approximate surface area is 118 Å². The van der Waals surface area contributed by atoms with Crippen molar-refractivity contribution < 1.29 is 4.79 Å². The molecule has 0 bridgehead atoms. The van der Waals surface area contributed by atoms with Crippen molar-refractivity contribution in [2.75, 3.05) is 0 Å². The summed E-state index contributed by atoms with van der Waals surface area (Å²) in [6.07, 6.45) is 4.66.